The zero-order valence-corrected chi connectivity index (χ0v) is 12.4. The Kier molecular flexibility index (Phi) is 3.77. The van der Waals surface area contributed by atoms with E-state index in [1.165, 1.54) is 0 Å². The summed E-state index contributed by atoms with van der Waals surface area (Å²) in [5, 5.41) is 0. The minimum absolute atomic E-state index is 0.158. The van der Waals surface area contributed by atoms with Crippen molar-refractivity contribution in [2.75, 3.05) is 6.61 Å². The summed E-state index contributed by atoms with van der Waals surface area (Å²) in [4.78, 5) is 24.3. The van der Waals surface area contributed by atoms with Crippen LogP contribution in [0.2, 0.25) is 0 Å². The molecule has 3 rings (SSSR count). The zero-order chi connectivity index (χ0) is 14.9. The van der Waals surface area contributed by atoms with Crippen LogP contribution in [0.15, 0.2) is 41.5 Å². The Balaban J connectivity index is 1.74. The van der Waals surface area contributed by atoms with E-state index in [0.29, 0.717) is 32.5 Å². The summed E-state index contributed by atoms with van der Waals surface area (Å²) in [6, 6.07) is 9.92. The van der Waals surface area contributed by atoms with Gasteiger partial charge in [0.2, 0.25) is 0 Å². The van der Waals surface area contributed by atoms with Crippen molar-refractivity contribution in [3.05, 3.63) is 47.0 Å². The van der Waals surface area contributed by atoms with Gasteiger partial charge in [-0.05, 0) is 30.9 Å². The van der Waals surface area contributed by atoms with Gasteiger partial charge in [0, 0.05) is 23.8 Å². The van der Waals surface area contributed by atoms with Gasteiger partial charge < -0.3 is 4.74 Å². The van der Waals surface area contributed by atoms with Crippen molar-refractivity contribution in [2.24, 2.45) is 5.41 Å². The second kappa shape index (κ2) is 5.57. The smallest absolute Gasteiger partial charge is 0.161 e. The predicted molar refractivity (Wildman–Crippen MR) is 79.7 cm³/mol. The lowest BCUT2D eigenvalue weighted by molar-refractivity contribution is -0.125. The molecular formula is C18H20O3. The fourth-order valence-electron chi connectivity index (χ4n) is 3.43. The molecule has 0 bridgehead atoms. The Labute approximate surface area is 125 Å². The van der Waals surface area contributed by atoms with Gasteiger partial charge in [0.1, 0.15) is 5.78 Å². The number of hydrogen-bond donors (Lipinski definition) is 0. The first kappa shape index (κ1) is 14.2. The van der Waals surface area contributed by atoms with Gasteiger partial charge in [-0.1, -0.05) is 30.3 Å². The number of ether oxygens (including phenoxy) is 1. The van der Waals surface area contributed by atoms with Crippen LogP contribution in [0.5, 0.6) is 0 Å². The molecule has 2 aliphatic rings. The quantitative estimate of drug-likeness (QED) is 0.852. The summed E-state index contributed by atoms with van der Waals surface area (Å²) in [5.74, 6) is 0.441. The van der Waals surface area contributed by atoms with Crippen LogP contribution in [0, 0.1) is 5.41 Å². The maximum atomic E-state index is 12.2. The highest BCUT2D eigenvalue weighted by Gasteiger charge is 2.46. The van der Waals surface area contributed by atoms with Crippen LogP contribution in [-0.4, -0.2) is 18.2 Å². The van der Waals surface area contributed by atoms with Crippen LogP contribution >= 0.6 is 0 Å². The molecule has 1 saturated carbocycles. The lowest BCUT2D eigenvalue weighted by atomic mass is 9.72. The molecule has 1 aromatic carbocycles. The molecule has 3 heteroatoms. The summed E-state index contributed by atoms with van der Waals surface area (Å²) < 4.78 is 5.73. The number of fused-ring (bicyclic) bond motifs is 1. The second-order valence-electron chi connectivity index (χ2n) is 6.11. The summed E-state index contributed by atoms with van der Waals surface area (Å²) in [7, 11) is 0. The maximum Gasteiger partial charge on any atom is 0.161 e. The number of rotatable bonds is 4. The molecule has 3 nitrogen and oxygen atoms in total. The molecule has 2 aliphatic carbocycles. The van der Waals surface area contributed by atoms with Crippen molar-refractivity contribution in [1.29, 1.82) is 0 Å². The first-order valence-corrected chi connectivity index (χ1v) is 7.52. The summed E-state index contributed by atoms with van der Waals surface area (Å²) >= 11 is 0. The number of Topliss-reactive ketones (excluding diaryl/α,β-unsaturated/α-hetero) is 2. The van der Waals surface area contributed by atoms with E-state index >= 15 is 0 Å². The second-order valence-corrected chi connectivity index (χ2v) is 6.11. The molecule has 0 amide bonds. The van der Waals surface area contributed by atoms with E-state index in [9.17, 15) is 9.59 Å². The highest BCUT2D eigenvalue weighted by Crippen LogP contribution is 2.48. The third-order valence-corrected chi connectivity index (χ3v) is 4.79. The van der Waals surface area contributed by atoms with Crippen LogP contribution in [0.1, 0.15) is 38.2 Å². The number of allylic oxidation sites excluding steroid dienone is 1. The highest BCUT2D eigenvalue weighted by atomic mass is 16.5. The predicted octanol–water partition coefficient (Wildman–Crippen LogP) is 3.23. The lowest BCUT2D eigenvalue weighted by Crippen LogP contribution is -2.31. The van der Waals surface area contributed by atoms with Crippen molar-refractivity contribution in [3.63, 3.8) is 0 Å². The third kappa shape index (κ3) is 2.58. The Morgan fingerprint density at radius 1 is 1.05 bits per heavy atom. The Morgan fingerprint density at radius 3 is 2.57 bits per heavy atom. The van der Waals surface area contributed by atoms with Crippen molar-refractivity contribution >= 4 is 11.6 Å². The first-order valence-electron chi connectivity index (χ1n) is 7.52. The van der Waals surface area contributed by atoms with Crippen LogP contribution < -0.4 is 0 Å². The minimum atomic E-state index is -0.403. The molecule has 0 N–H and O–H groups in total. The average molecular weight is 284 g/mol. The molecule has 0 spiro atoms. The van der Waals surface area contributed by atoms with Crippen molar-refractivity contribution in [1.82, 2.24) is 0 Å². The largest absolute Gasteiger partial charge is 0.372 e. The van der Waals surface area contributed by atoms with E-state index in [1.54, 1.807) is 0 Å². The zero-order valence-electron chi connectivity index (χ0n) is 12.4. The number of carbonyl (C=O) groups is 2. The van der Waals surface area contributed by atoms with Crippen molar-refractivity contribution in [2.45, 2.75) is 39.2 Å². The molecule has 1 aromatic rings. The van der Waals surface area contributed by atoms with Gasteiger partial charge in [0.25, 0.3) is 0 Å². The Morgan fingerprint density at radius 2 is 1.81 bits per heavy atom. The number of hydrogen-bond acceptors (Lipinski definition) is 3. The van der Waals surface area contributed by atoms with Gasteiger partial charge in [-0.2, -0.15) is 0 Å². The first-order chi connectivity index (χ1) is 10.1. The molecule has 0 aliphatic heterocycles. The highest BCUT2D eigenvalue weighted by molar-refractivity contribution is 6.03. The fourth-order valence-corrected chi connectivity index (χ4v) is 3.43. The molecule has 21 heavy (non-hydrogen) atoms. The molecular weight excluding hydrogens is 264 g/mol. The van der Waals surface area contributed by atoms with Crippen LogP contribution in [0.25, 0.3) is 0 Å². The van der Waals surface area contributed by atoms with E-state index in [4.69, 9.17) is 4.74 Å². The standard InChI is InChI=1S/C18H20O3/c1-18-10-9-16(19)14(15(18)7-8-17(18)20)12-21-11-13-5-3-2-4-6-13/h2-6H,7-12H2,1H3. The third-order valence-electron chi connectivity index (χ3n) is 4.79. The van der Waals surface area contributed by atoms with E-state index in [1.807, 2.05) is 37.3 Å². The van der Waals surface area contributed by atoms with Crippen LogP contribution in [-0.2, 0) is 20.9 Å². The maximum absolute atomic E-state index is 12.2. The molecule has 0 radical (unpaired) electrons. The van der Waals surface area contributed by atoms with Gasteiger partial charge in [-0.25, -0.2) is 0 Å². The average Bonchev–Trinajstić information content (AvgIpc) is 2.79. The number of ketones is 2. The van der Waals surface area contributed by atoms with E-state index in [0.717, 1.165) is 23.1 Å². The summed E-state index contributed by atoms with van der Waals surface area (Å²) in [5.41, 5.74) is 2.48. The molecule has 0 saturated heterocycles. The molecule has 1 unspecified atom stereocenters. The molecule has 0 heterocycles. The number of carbonyl (C=O) groups excluding carboxylic acids is 2. The Hall–Kier alpha value is -1.74. The summed E-state index contributed by atoms with van der Waals surface area (Å²) in [6.45, 7) is 2.81. The minimum Gasteiger partial charge on any atom is -0.372 e. The topological polar surface area (TPSA) is 43.4 Å². The molecule has 1 atom stereocenters. The normalized spacial score (nSPS) is 25.4. The van der Waals surface area contributed by atoms with Crippen molar-refractivity contribution in [3.8, 4) is 0 Å². The van der Waals surface area contributed by atoms with Crippen molar-refractivity contribution < 1.29 is 14.3 Å². The molecule has 110 valence electrons. The number of benzene rings is 1. The Bertz CT molecular complexity index is 600. The lowest BCUT2D eigenvalue weighted by Gasteiger charge is -2.31. The monoisotopic (exact) mass is 284 g/mol. The van der Waals surface area contributed by atoms with Crippen LogP contribution in [0.3, 0.4) is 0 Å². The molecule has 0 aromatic heterocycles. The molecule has 1 fully saturated rings. The van der Waals surface area contributed by atoms with E-state index in [2.05, 4.69) is 0 Å². The van der Waals surface area contributed by atoms with Gasteiger partial charge in [0.15, 0.2) is 5.78 Å². The van der Waals surface area contributed by atoms with E-state index < -0.39 is 5.41 Å². The SMILES string of the molecule is CC12CCC(=O)C(COCc3ccccc3)=C1CCC2=O. The van der Waals surface area contributed by atoms with Crippen LogP contribution in [0.4, 0.5) is 0 Å². The van der Waals surface area contributed by atoms with E-state index in [-0.39, 0.29) is 11.6 Å². The van der Waals surface area contributed by atoms with Gasteiger partial charge in [0.05, 0.1) is 13.2 Å². The van der Waals surface area contributed by atoms with Gasteiger partial charge >= 0.3 is 0 Å². The summed E-state index contributed by atoms with van der Waals surface area (Å²) in [6.07, 6.45) is 2.43. The fraction of sp³-hybridized carbons (Fsp3) is 0.444. The van der Waals surface area contributed by atoms with Gasteiger partial charge in [-0.3, -0.25) is 9.59 Å². The van der Waals surface area contributed by atoms with Gasteiger partial charge in [-0.15, -0.1) is 0 Å².